The van der Waals surface area contributed by atoms with Crippen LogP contribution in [0, 0.1) is 0 Å². The molecule has 1 rings (SSSR count). The van der Waals surface area contributed by atoms with Crippen molar-refractivity contribution in [2.45, 2.75) is 38.9 Å². The van der Waals surface area contributed by atoms with Gasteiger partial charge in [0, 0.05) is 0 Å². The van der Waals surface area contributed by atoms with Crippen molar-refractivity contribution in [2.75, 3.05) is 12.9 Å². The van der Waals surface area contributed by atoms with E-state index in [2.05, 4.69) is 4.18 Å². The molecule has 0 atom stereocenters. The standard InChI is InChI=1S/C10H19BO5S/c1-9(2)10(3,4)16-11(15-9)7-6-8-14-17(5,12)13/h6-7H,8H2,1-5H3/b7-6+. The molecule has 17 heavy (non-hydrogen) atoms. The molecule has 1 aliphatic rings. The van der Waals surface area contributed by atoms with Crippen LogP contribution in [0.15, 0.2) is 12.1 Å². The van der Waals surface area contributed by atoms with E-state index in [1.54, 1.807) is 12.1 Å². The zero-order valence-corrected chi connectivity index (χ0v) is 11.7. The predicted octanol–water partition coefficient (Wildman–Crippen LogP) is 1.15. The summed E-state index contributed by atoms with van der Waals surface area (Å²) in [7, 11) is -3.87. The topological polar surface area (TPSA) is 61.8 Å². The van der Waals surface area contributed by atoms with Crippen LogP contribution < -0.4 is 0 Å². The van der Waals surface area contributed by atoms with Crippen molar-refractivity contribution in [3.8, 4) is 0 Å². The third-order valence-corrected chi connectivity index (χ3v) is 3.51. The Balaban J connectivity index is 2.48. The Morgan fingerprint density at radius 3 is 2.06 bits per heavy atom. The molecule has 1 heterocycles. The molecule has 0 saturated carbocycles. The van der Waals surface area contributed by atoms with E-state index in [0.29, 0.717) is 0 Å². The molecule has 0 aromatic rings. The molecule has 0 aromatic heterocycles. The first-order valence-electron chi connectivity index (χ1n) is 5.40. The molecule has 1 fully saturated rings. The first-order valence-corrected chi connectivity index (χ1v) is 7.22. The van der Waals surface area contributed by atoms with Gasteiger partial charge < -0.3 is 9.31 Å². The number of rotatable bonds is 4. The quantitative estimate of drug-likeness (QED) is 0.561. The highest BCUT2D eigenvalue weighted by Crippen LogP contribution is 2.36. The van der Waals surface area contributed by atoms with Gasteiger partial charge in [-0.15, -0.1) is 0 Å². The van der Waals surface area contributed by atoms with Crippen LogP contribution in [0.1, 0.15) is 27.7 Å². The number of hydrogen-bond donors (Lipinski definition) is 0. The van der Waals surface area contributed by atoms with Gasteiger partial charge in [-0.1, -0.05) is 12.1 Å². The second-order valence-electron chi connectivity index (χ2n) is 5.04. The number of hydrogen-bond acceptors (Lipinski definition) is 5. The Hall–Kier alpha value is -0.365. The SMILES string of the molecule is CC1(C)OB(/C=C/COS(C)(=O)=O)OC1(C)C. The van der Waals surface area contributed by atoms with Gasteiger partial charge >= 0.3 is 7.12 Å². The van der Waals surface area contributed by atoms with Crippen molar-refractivity contribution < 1.29 is 21.9 Å². The highest BCUT2D eigenvalue weighted by Gasteiger charge is 2.49. The molecule has 7 heteroatoms. The molecule has 1 saturated heterocycles. The van der Waals surface area contributed by atoms with Crippen molar-refractivity contribution in [1.29, 1.82) is 0 Å². The van der Waals surface area contributed by atoms with Crippen LogP contribution in [0.2, 0.25) is 0 Å². The van der Waals surface area contributed by atoms with E-state index >= 15 is 0 Å². The second-order valence-corrected chi connectivity index (χ2v) is 6.69. The fraction of sp³-hybridized carbons (Fsp3) is 0.800. The van der Waals surface area contributed by atoms with Crippen molar-refractivity contribution in [3.63, 3.8) is 0 Å². The molecule has 0 spiro atoms. The lowest BCUT2D eigenvalue weighted by Crippen LogP contribution is -2.41. The Morgan fingerprint density at radius 2 is 1.65 bits per heavy atom. The van der Waals surface area contributed by atoms with E-state index in [4.69, 9.17) is 9.31 Å². The normalized spacial score (nSPS) is 23.5. The smallest absolute Gasteiger partial charge is 0.400 e. The highest BCUT2D eigenvalue weighted by atomic mass is 32.2. The van der Waals surface area contributed by atoms with Crippen LogP contribution in [-0.2, 0) is 23.6 Å². The molecule has 0 bridgehead atoms. The molecule has 0 unspecified atom stereocenters. The summed E-state index contributed by atoms with van der Waals surface area (Å²) in [4.78, 5) is 0. The Bertz CT molecular complexity index is 383. The summed E-state index contributed by atoms with van der Waals surface area (Å²) in [5, 5.41) is 0. The molecule has 5 nitrogen and oxygen atoms in total. The minimum Gasteiger partial charge on any atom is -0.400 e. The van der Waals surface area contributed by atoms with E-state index in [-0.39, 0.29) is 17.8 Å². The van der Waals surface area contributed by atoms with E-state index in [1.165, 1.54) is 0 Å². The lowest BCUT2D eigenvalue weighted by atomic mass is 9.90. The average molecular weight is 262 g/mol. The zero-order valence-electron chi connectivity index (χ0n) is 10.9. The van der Waals surface area contributed by atoms with Crippen molar-refractivity contribution >= 4 is 17.2 Å². The van der Waals surface area contributed by atoms with Gasteiger partial charge in [0.2, 0.25) is 0 Å². The maximum absolute atomic E-state index is 10.7. The zero-order chi connectivity index (χ0) is 13.3. The van der Waals surface area contributed by atoms with Gasteiger partial charge in [-0.25, -0.2) is 0 Å². The molecular weight excluding hydrogens is 243 g/mol. The fourth-order valence-electron chi connectivity index (χ4n) is 1.30. The van der Waals surface area contributed by atoms with Gasteiger partial charge in [0.15, 0.2) is 0 Å². The lowest BCUT2D eigenvalue weighted by Gasteiger charge is -2.32. The summed E-state index contributed by atoms with van der Waals surface area (Å²) < 4.78 is 37.4. The maximum Gasteiger partial charge on any atom is 0.486 e. The molecule has 0 aliphatic carbocycles. The predicted molar refractivity (Wildman–Crippen MR) is 66.0 cm³/mol. The van der Waals surface area contributed by atoms with Gasteiger partial charge in [0.1, 0.15) is 0 Å². The molecule has 0 N–H and O–H groups in total. The first kappa shape index (κ1) is 14.7. The molecular formula is C10H19BO5S. The molecule has 0 aromatic carbocycles. The van der Waals surface area contributed by atoms with Gasteiger partial charge in [-0.3, -0.25) is 4.18 Å². The Morgan fingerprint density at radius 1 is 1.18 bits per heavy atom. The third-order valence-electron chi connectivity index (χ3n) is 2.94. The lowest BCUT2D eigenvalue weighted by molar-refractivity contribution is 0.00578. The second kappa shape index (κ2) is 4.72. The van der Waals surface area contributed by atoms with Crippen LogP contribution in [0.5, 0.6) is 0 Å². The minimum atomic E-state index is -3.40. The van der Waals surface area contributed by atoms with E-state index in [0.717, 1.165) is 6.26 Å². The van der Waals surface area contributed by atoms with Crippen LogP contribution >= 0.6 is 0 Å². The van der Waals surface area contributed by atoms with Gasteiger partial charge in [0.25, 0.3) is 10.1 Å². The molecule has 0 radical (unpaired) electrons. The van der Waals surface area contributed by atoms with Crippen molar-refractivity contribution in [1.82, 2.24) is 0 Å². The highest BCUT2D eigenvalue weighted by molar-refractivity contribution is 7.85. The summed E-state index contributed by atoms with van der Waals surface area (Å²) in [6.07, 6.45) is 2.58. The van der Waals surface area contributed by atoms with Crippen molar-refractivity contribution in [2.24, 2.45) is 0 Å². The molecule has 98 valence electrons. The Kier molecular flexibility index (Phi) is 4.08. The Labute approximate surface area is 103 Å². The molecule has 0 amide bonds. The summed E-state index contributed by atoms with van der Waals surface area (Å²) in [5.74, 6) is 1.65. The first-order chi connectivity index (χ1) is 7.54. The average Bonchev–Trinajstić information content (AvgIpc) is 2.28. The van der Waals surface area contributed by atoms with E-state index in [1.807, 2.05) is 27.7 Å². The van der Waals surface area contributed by atoms with Crippen LogP contribution in [0.4, 0.5) is 0 Å². The largest absolute Gasteiger partial charge is 0.486 e. The summed E-state index contributed by atoms with van der Waals surface area (Å²) >= 11 is 0. The summed E-state index contributed by atoms with van der Waals surface area (Å²) in [6, 6.07) is 0. The van der Waals surface area contributed by atoms with Crippen LogP contribution in [0.25, 0.3) is 0 Å². The monoisotopic (exact) mass is 262 g/mol. The third kappa shape index (κ3) is 4.10. The van der Waals surface area contributed by atoms with E-state index < -0.39 is 17.2 Å². The summed E-state index contributed by atoms with van der Waals surface area (Å²) in [5.41, 5.74) is -0.778. The fourth-order valence-corrected chi connectivity index (χ4v) is 1.62. The van der Waals surface area contributed by atoms with Gasteiger partial charge in [-0.05, 0) is 27.7 Å². The van der Waals surface area contributed by atoms with Gasteiger partial charge in [-0.2, -0.15) is 8.42 Å². The van der Waals surface area contributed by atoms with E-state index in [9.17, 15) is 8.42 Å². The van der Waals surface area contributed by atoms with Crippen LogP contribution in [-0.4, -0.2) is 39.6 Å². The van der Waals surface area contributed by atoms with Gasteiger partial charge in [0.05, 0.1) is 24.1 Å². The molecule has 1 aliphatic heterocycles. The van der Waals surface area contributed by atoms with Crippen molar-refractivity contribution in [3.05, 3.63) is 12.1 Å². The summed E-state index contributed by atoms with van der Waals surface area (Å²) in [6.45, 7) is 7.80. The maximum atomic E-state index is 10.7. The van der Waals surface area contributed by atoms with Crippen LogP contribution in [0.3, 0.4) is 0 Å². The minimum absolute atomic E-state index is 0.0110.